The van der Waals surface area contributed by atoms with Crippen LogP contribution in [0.4, 0.5) is 5.69 Å². The van der Waals surface area contributed by atoms with Crippen molar-refractivity contribution in [3.05, 3.63) is 42.5 Å². The molecule has 0 bridgehead atoms. The van der Waals surface area contributed by atoms with Crippen LogP contribution in [-0.4, -0.2) is 23.4 Å². The molecule has 0 radical (unpaired) electrons. The van der Waals surface area contributed by atoms with Crippen molar-refractivity contribution in [1.29, 1.82) is 0 Å². The number of phenols is 2. The lowest BCUT2D eigenvalue weighted by Gasteiger charge is -2.08. The third-order valence-corrected chi connectivity index (χ3v) is 3.33. The summed E-state index contributed by atoms with van der Waals surface area (Å²) in [4.78, 5) is 0. The molecule has 0 atom stereocenters. The molecular weight excluding hydrogens is 294 g/mol. The summed E-state index contributed by atoms with van der Waals surface area (Å²) in [6.45, 7) is 1.24. The number of anilines is 1. The van der Waals surface area contributed by atoms with Gasteiger partial charge in [0.05, 0.1) is 13.2 Å². The molecule has 0 spiro atoms. The van der Waals surface area contributed by atoms with Crippen LogP contribution >= 0.6 is 0 Å². The first-order valence-electron chi connectivity index (χ1n) is 7.77. The van der Waals surface area contributed by atoms with Crippen LogP contribution in [-0.2, 0) is 0 Å². The highest BCUT2D eigenvalue weighted by molar-refractivity contribution is 5.41. The Morgan fingerprint density at radius 1 is 0.696 bits per heavy atom. The third kappa shape index (κ3) is 6.38. The van der Waals surface area contributed by atoms with Gasteiger partial charge in [0.1, 0.15) is 23.0 Å². The van der Waals surface area contributed by atoms with Crippen LogP contribution in [0, 0.1) is 0 Å². The van der Waals surface area contributed by atoms with E-state index in [4.69, 9.17) is 15.2 Å². The zero-order chi connectivity index (χ0) is 16.5. The Kier molecular flexibility index (Phi) is 6.41. The molecule has 0 saturated heterocycles. The minimum atomic E-state index is -0.000169. The van der Waals surface area contributed by atoms with Gasteiger partial charge < -0.3 is 25.4 Å². The average Bonchev–Trinajstić information content (AvgIpc) is 2.51. The number of hydrogen-bond donors (Lipinski definition) is 3. The maximum Gasteiger partial charge on any atom is 0.126 e. The normalized spacial score (nSPS) is 10.4. The van der Waals surface area contributed by atoms with E-state index in [0.29, 0.717) is 19.0 Å². The molecule has 2 aromatic carbocycles. The summed E-state index contributed by atoms with van der Waals surface area (Å²) >= 11 is 0. The molecule has 2 rings (SSSR count). The van der Waals surface area contributed by atoms with Gasteiger partial charge in [-0.05, 0) is 49.9 Å². The highest BCUT2D eigenvalue weighted by Gasteiger charge is 2.00. The molecule has 0 heterocycles. The molecule has 0 aliphatic carbocycles. The average molecular weight is 317 g/mol. The van der Waals surface area contributed by atoms with Crippen molar-refractivity contribution in [2.45, 2.75) is 25.7 Å². The molecule has 0 aliphatic heterocycles. The molecule has 0 fully saturated rings. The number of phenolic OH excluding ortho intramolecular Hbond substituents is 2. The van der Waals surface area contributed by atoms with Gasteiger partial charge in [-0.3, -0.25) is 0 Å². The van der Waals surface area contributed by atoms with Crippen molar-refractivity contribution in [3.8, 4) is 23.0 Å². The van der Waals surface area contributed by atoms with Crippen LogP contribution in [0.15, 0.2) is 42.5 Å². The number of nitrogens with two attached hydrogens (primary N) is 1. The second-order valence-corrected chi connectivity index (χ2v) is 5.37. The summed E-state index contributed by atoms with van der Waals surface area (Å²) in [5, 5.41) is 18.7. The molecule has 23 heavy (non-hydrogen) atoms. The van der Waals surface area contributed by atoms with Crippen LogP contribution in [0.3, 0.4) is 0 Å². The highest BCUT2D eigenvalue weighted by atomic mass is 16.5. The van der Waals surface area contributed by atoms with Crippen LogP contribution in [0.2, 0.25) is 0 Å². The van der Waals surface area contributed by atoms with Crippen molar-refractivity contribution in [1.82, 2.24) is 0 Å². The van der Waals surface area contributed by atoms with Gasteiger partial charge in [-0.15, -0.1) is 0 Å². The number of benzene rings is 2. The third-order valence-electron chi connectivity index (χ3n) is 3.33. The quantitative estimate of drug-likeness (QED) is 0.485. The Balaban J connectivity index is 1.51. The van der Waals surface area contributed by atoms with Crippen molar-refractivity contribution in [2.24, 2.45) is 0 Å². The monoisotopic (exact) mass is 317 g/mol. The summed E-state index contributed by atoms with van der Waals surface area (Å²) in [7, 11) is 0. The fourth-order valence-corrected chi connectivity index (χ4v) is 2.15. The van der Waals surface area contributed by atoms with E-state index >= 15 is 0 Å². The van der Waals surface area contributed by atoms with Crippen LogP contribution in [0.1, 0.15) is 25.7 Å². The summed E-state index contributed by atoms with van der Waals surface area (Å²) < 4.78 is 11.1. The molecule has 124 valence electrons. The van der Waals surface area contributed by atoms with Crippen molar-refractivity contribution in [3.63, 3.8) is 0 Å². The van der Waals surface area contributed by atoms with E-state index in [0.717, 1.165) is 37.1 Å². The van der Waals surface area contributed by atoms with Crippen LogP contribution in [0.25, 0.3) is 0 Å². The van der Waals surface area contributed by atoms with Gasteiger partial charge in [-0.25, -0.2) is 0 Å². The summed E-state index contributed by atoms with van der Waals surface area (Å²) in [6, 6.07) is 11.6. The minimum Gasteiger partial charge on any atom is -0.508 e. The van der Waals surface area contributed by atoms with Gasteiger partial charge in [0.2, 0.25) is 0 Å². The van der Waals surface area contributed by atoms with Crippen molar-refractivity contribution in [2.75, 3.05) is 18.9 Å². The Labute approximate surface area is 136 Å². The fraction of sp³-hybridized carbons (Fsp3) is 0.333. The van der Waals surface area contributed by atoms with Crippen LogP contribution in [0.5, 0.6) is 23.0 Å². The van der Waals surface area contributed by atoms with Gasteiger partial charge in [-0.2, -0.15) is 0 Å². The largest absolute Gasteiger partial charge is 0.508 e. The van der Waals surface area contributed by atoms with Gasteiger partial charge in [-0.1, -0.05) is 0 Å². The molecule has 0 aromatic heterocycles. The molecule has 0 aliphatic rings. The molecule has 5 nitrogen and oxygen atoms in total. The van der Waals surface area contributed by atoms with Crippen molar-refractivity contribution >= 4 is 5.69 Å². The smallest absolute Gasteiger partial charge is 0.126 e. The maximum absolute atomic E-state index is 9.34. The molecule has 4 N–H and O–H groups in total. The van der Waals surface area contributed by atoms with E-state index in [1.54, 1.807) is 0 Å². The molecule has 2 aromatic rings. The first-order valence-corrected chi connectivity index (χ1v) is 7.77. The molecule has 0 saturated carbocycles. The lowest BCUT2D eigenvalue weighted by molar-refractivity contribution is 0.286. The second kappa shape index (κ2) is 8.78. The number of unbranched alkanes of at least 4 members (excludes halogenated alkanes) is 3. The lowest BCUT2D eigenvalue weighted by atomic mass is 10.2. The Hall–Kier alpha value is -2.56. The Bertz CT molecular complexity index is 578. The van der Waals surface area contributed by atoms with Gasteiger partial charge in [0.25, 0.3) is 0 Å². The zero-order valence-electron chi connectivity index (χ0n) is 13.1. The standard InChI is InChI=1S/C18H23NO4/c19-14-5-7-17(8-6-14)22-9-3-1-2-4-10-23-18-12-15(20)11-16(21)13-18/h5-8,11-13,20-21H,1-4,9-10,19H2. The van der Waals surface area contributed by atoms with E-state index in [1.807, 2.05) is 24.3 Å². The molecule has 5 heteroatoms. The fourth-order valence-electron chi connectivity index (χ4n) is 2.15. The number of nitrogen functional groups attached to an aromatic ring is 1. The first kappa shape index (κ1) is 16.8. The predicted octanol–water partition coefficient (Wildman–Crippen LogP) is 3.70. The summed E-state index contributed by atoms with van der Waals surface area (Å²) in [6.07, 6.45) is 4.00. The number of hydrogen-bond acceptors (Lipinski definition) is 5. The van der Waals surface area contributed by atoms with E-state index in [9.17, 15) is 10.2 Å². The van der Waals surface area contributed by atoms with E-state index in [-0.39, 0.29) is 11.5 Å². The summed E-state index contributed by atoms with van der Waals surface area (Å²) in [5.74, 6) is 1.32. The maximum atomic E-state index is 9.34. The molecule has 0 amide bonds. The number of rotatable bonds is 9. The Morgan fingerprint density at radius 3 is 1.78 bits per heavy atom. The zero-order valence-corrected chi connectivity index (χ0v) is 13.1. The van der Waals surface area contributed by atoms with Gasteiger partial charge in [0, 0.05) is 23.9 Å². The van der Waals surface area contributed by atoms with E-state index in [2.05, 4.69) is 0 Å². The highest BCUT2D eigenvalue weighted by Crippen LogP contribution is 2.25. The van der Waals surface area contributed by atoms with E-state index in [1.165, 1.54) is 18.2 Å². The predicted molar refractivity (Wildman–Crippen MR) is 90.1 cm³/mol. The second-order valence-electron chi connectivity index (χ2n) is 5.37. The molecule has 0 unspecified atom stereocenters. The van der Waals surface area contributed by atoms with Crippen molar-refractivity contribution < 1.29 is 19.7 Å². The first-order chi connectivity index (χ1) is 11.1. The lowest BCUT2D eigenvalue weighted by Crippen LogP contribution is -2.00. The Morgan fingerprint density at radius 2 is 1.22 bits per heavy atom. The summed E-state index contributed by atoms with van der Waals surface area (Å²) in [5.41, 5.74) is 6.35. The number of ether oxygens (including phenoxy) is 2. The van der Waals surface area contributed by atoms with E-state index < -0.39 is 0 Å². The number of aromatic hydroxyl groups is 2. The minimum absolute atomic E-state index is 0.000169. The van der Waals surface area contributed by atoms with Crippen LogP contribution < -0.4 is 15.2 Å². The molecular formula is C18H23NO4. The van der Waals surface area contributed by atoms with Gasteiger partial charge in [0.15, 0.2) is 0 Å². The SMILES string of the molecule is Nc1ccc(OCCCCCCOc2cc(O)cc(O)c2)cc1. The van der Waals surface area contributed by atoms with Gasteiger partial charge >= 0.3 is 0 Å². The topological polar surface area (TPSA) is 84.9 Å².